The summed E-state index contributed by atoms with van der Waals surface area (Å²) in [6.45, 7) is -0.0274. The van der Waals surface area contributed by atoms with Gasteiger partial charge in [-0.15, -0.1) is 0 Å². The molecule has 2 heterocycles. The molecule has 0 radical (unpaired) electrons. The number of rotatable bonds is 13. The van der Waals surface area contributed by atoms with Crippen molar-refractivity contribution in [3.63, 3.8) is 0 Å². The molecule has 0 saturated heterocycles. The molecule has 210 valence electrons. The maximum Gasteiger partial charge on any atom is 0.304 e. The van der Waals surface area contributed by atoms with Gasteiger partial charge in [0.05, 0.1) is 23.8 Å². The van der Waals surface area contributed by atoms with Crippen LogP contribution in [0.15, 0.2) is 47.5 Å². The number of amides is 1. The summed E-state index contributed by atoms with van der Waals surface area (Å²) in [6.07, 6.45) is 6.21. The second-order valence-corrected chi connectivity index (χ2v) is 12.7. The molecule has 1 fully saturated rings. The van der Waals surface area contributed by atoms with E-state index in [1.54, 1.807) is 30.5 Å². The molecule has 0 bridgehead atoms. The van der Waals surface area contributed by atoms with E-state index in [0.717, 1.165) is 34.4 Å². The molecule has 3 aromatic rings. The highest BCUT2D eigenvalue weighted by Gasteiger charge is 2.32. The summed E-state index contributed by atoms with van der Waals surface area (Å²) in [7, 11) is -2.53. The van der Waals surface area contributed by atoms with E-state index in [2.05, 4.69) is 9.97 Å². The number of carbonyl (C=O) groups excluding carboxylic acids is 1. The van der Waals surface area contributed by atoms with Crippen LogP contribution in [0.3, 0.4) is 0 Å². The number of pyridine rings is 1. The summed E-state index contributed by atoms with van der Waals surface area (Å²) in [5, 5.41) is 9.38. The van der Waals surface area contributed by atoms with Crippen LogP contribution in [-0.4, -0.2) is 66.5 Å². The van der Waals surface area contributed by atoms with Crippen LogP contribution in [0.4, 0.5) is 5.13 Å². The van der Waals surface area contributed by atoms with Crippen molar-refractivity contribution in [3.8, 4) is 0 Å². The van der Waals surface area contributed by atoms with Crippen LogP contribution < -0.4 is 4.42 Å². The summed E-state index contributed by atoms with van der Waals surface area (Å²) in [4.78, 5) is 34.2. The van der Waals surface area contributed by atoms with Crippen molar-refractivity contribution in [1.82, 2.24) is 14.3 Å². The van der Waals surface area contributed by atoms with Gasteiger partial charge in [-0.25, -0.2) is 18.4 Å². The van der Waals surface area contributed by atoms with E-state index in [4.69, 9.17) is 21.6 Å². The maximum atomic E-state index is 13.7. The highest BCUT2D eigenvalue weighted by molar-refractivity contribution is 7.89. The molecule has 1 amide bonds. The fraction of sp³-hybridized carbons (Fsp3) is 0.462. The number of carboxylic acid groups (broad SMARTS) is 1. The molecule has 1 N–H and O–H groups in total. The summed E-state index contributed by atoms with van der Waals surface area (Å²) in [5.41, 5.74) is 1.31. The second-order valence-electron chi connectivity index (χ2n) is 9.49. The van der Waals surface area contributed by atoms with Gasteiger partial charge in [0.2, 0.25) is 15.2 Å². The predicted molar refractivity (Wildman–Crippen MR) is 149 cm³/mol. The molecule has 10 nitrogen and oxygen atoms in total. The third kappa shape index (κ3) is 7.12. The monoisotopic (exact) mass is 594 g/mol. The van der Waals surface area contributed by atoms with Crippen molar-refractivity contribution in [1.29, 1.82) is 0 Å². The number of thiazole rings is 1. The highest BCUT2D eigenvalue weighted by atomic mass is 35.5. The highest BCUT2D eigenvalue weighted by Crippen LogP contribution is 2.38. The fourth-order valence-electron chi connectivity index (χ4n) is 4.82. The van der Waals surface area contributed by atoms with Gasteiger partial charge in [0.25, 0.3) is 5.91 Å². The number of carboxylic acids is 1. The van der Waals surface area contributed by atoms with Gasteiger partial charge in [-0.2, -0.15) is 8.72 Å². The zero-order valence-corrected chi connectivity index (χ0v) is 23.9. The molecule has 1 aliphatic carbocycles. The lowest BCUT2D eigenvalue weighted by Gasteiger charge is -2.24. The SMILES string of the molecule is COCCN(CCC(=O)O)S(=O)(=O)c1ccc(C(CC2CCCC2)C(=O)N(Cl)c2nc3cccnc3s2)cc1. The van der Waals surface area contributed by atoms with E-state index in [9.17, 15) is 18.0 Å². The lowest BCUT2D eigenvalue weighted by atomic mass is 9.87. The van der Waals surface area contributed by atoms with Crippen molar-refractivity contribution >= 4 is 60.5 Å². The molecule has 2 aromatic heterocycles. The molecule has 39 heavy (non-hydrogen) atoms. The van der Waals surface area contributed by atoms with Crippen LogP contribution in [0, 0.1) is 5.92 Å². The summed E-state index contributed by atoms with van der Waals surface area (Å²) < 4.78 is 33.7. The summed E-state index contributed by atoms with van der Waals surface area (Å²) in [6, 6.07) is 9.77. The number of fused-ring (bicyclic) bond motifs is 1. The minimum Gasteiger partial charge on any atom is -0.481 e. The van der Waals surface area contributed by atoms with Gasteiger partial charge in [0.1, 0.15) is 10.3 Å². The first-order valence-corrected chi connectivity index (χ1v) is 15.3. The van der Waals surface area contributed by atoms with Crippen LogP contribution in [0.25, 0.3) is 10.3 Å². The largest absolute Gasteiger partial charge is 0.481 e. The van der Waals surface area contributed by atoms with Gasteiger partial charge in [-0.3, -0.25) is 9.59 Å². The first kappa shape index (κ1) is 29.3. The van der Waals surface area contributed by atoms with Gasteiger partial charge in [-0.05, 0) is 42.2 Å². The fourth-order valence-corrected chi connectivity index (χ4v) is 7.32. The van der Waals surface area contributed by atoms with Crippen molar-refractivity contribution < 1.29 is 27.9 Å². The predicted octanol–water partition coefficient (Wildman–Crippen LogP) is 4.65. The number of halogens is 1. The van der Waals surface area contributed by atoms with Crippen molar-refractivity contribution in [2.75, 3.05) is 31.2 Å². The van der Waals surface area contributed by atoms with Crippen LogP contribution >= 0.6 is 23.1 Å². The number of hydrogen-bond acceptors (Lipinski definition) is 8. The van der Waals surface area contributed by atoms with Gasteiger partial charge >= 0.3 is 5.97 Å². The van der Waals surface area contributed by atoms with E-state index < -0.39 is 21.9 Å². The number of aromatic nitrogens is 2. The molecule has 0 spiro atoms. The Morgan fingerprint density at radius 2 is 1.90 bits per heavy atom. The summed E-state index contributed by atoms with van der Waals surface area (Å²) >= 11 is 7.78. The number of benzene rings is 1. The van der Waals surface area contributed by atoms with Crippen molar-refractivity contribution in [2.45, 2.75) is 49.3 Å². The number of hydrogen-bond donors (Lipinski definition) is 1. The van der Waals surface area contributed by atoms with Gasteiger partial charge in [-0.1, -0.05) is 49.2 Å². The number of nitrogens with zero attached hydrogens (tertiary/aromatic N) is 4. The van der Waals surface area contributed by atoms with Crippen LogP contribution in [0.2, 0.25) is 0 Å². The number of ether oxygens (including phenoxy) is 1. The Bertz CT molecular complexity index is 1360. The number of aliphatic carboxylic acids is 1. The van der Waals surface area contributed by atoms with Crippen LogP contribution in [0.5, 0.6) is 0 Å². The lowest BCUT2D eigenvalue weighted by Crippen LogP contribution is -2.35. The van der Waals surface area contributed by atoms with E-state index in [1.807, 2.05) is 0 Å². The molecule has 1 aliphatic rings. The Labute approximate surface area is 236 Å². The second kappa shape index (κ2) is 13.1. The Balaban J connectivity index is 1.60. The average molecular weight is 595 g/mol. The Kier molecular flexibility index (Phi) is 9.89. The minimum absolute atomic E-state index is 0.0137. The van der Waals surface area contributed by atoms with E-state index >= 15 is 0 Å². The molecule has 1 saturated carbocycles. The maximum absolute atomic E-state index is 13.7. The molecule has 1 atom stereocenters. The van der Waals surface area contributed by atoms with Crippen LogP contribution in [0.1, 0.15) is 50.0 Å². The smallest absolute Gasteiger partial charge is 0.304 e. The van der Waals surface area contributed by atoms with E-state index in [-0.39, 0.29) is 36.9 Å². The first-order chi connectivity index (χ1) is 18.7. The molecular weight excluding hydrogens is 564 g/mol. The van der Waals surface area contributed by atoms with Gasteiger partial charge < -0.3 is 9.84 Å². The lowest BCUT2D eigenvalue weighted by molar-refractivity contribution is -0.137. The third-order valence-corrected chi connectivity index (χ3v) is 10.2. The van der Waals surface area contributed by atoms with Crippen molar-refractivity contribution in [2.24, 2.45) is 5.92 Å². The van der Waals surface area contributed by atoms with Crippen LogP contribution in [-0.2, 0) is 24.3 Å². The quantitative estimate of drug-likeness (QED) is 0.283. The molecule has 13 heteroatoms. The third-order valence-electron chi connectivity index (χ3n) is 6.90. The molecule has 0 aliphatic heterocycles. The Morgan fingerprint density at radius 3 is 2.54 bits per heavy atom. The minimum atomic E-state index is -3.97. The first-order valence-electron chi connectivity index (χ1n) is 12.7. The Morgan fingerprint density at radius 1 is 1.18 bits per heavy atom. The normalized spacial score (nSPS) is 15.2. The number of methoxy groups -OCH3 is 1. The average Bonchev–Trinajstić information content (AvgIpc) is 3.60. The number of carbonyl (C=O) groups is 2. The van der Waals surface area contributed by atoms with Gasteiger partial charge in [0.15, 0.2) is 0 Å². The van der Waals surface area contributed by atoms with Gasteiger partial charge in [0, 0.05) is 38.2 Å². The number of anilines is 1. The molecule has 1 unspecified atom stereocenters. The molecular formula is C26H31ClN4O6S2. The molecule has 4 rings (SSSR count). The van der Waals surface area contributed by atoms with Crippen molar-refractivity contribution in [3.05, 3.63) is 48.2 Å². The topological polar surface area (TPSA) is 130 Å². The van der Waals surface area contributed by atoms with E-state index in [0.29, 0.717) is 33.4 Å². The summed E-state index contributed by atoms with van der Waals surface area (Å²) in [5.74, 6) is -1.64. The Hall–Kier alpha value is -2.64. The number of sulfonamides is 1. The zero-order chi connectivity index (χ0) is 28.0. The standard InChI is InChI=1S/C26H31ClN4O6S2/c1-37-16-15-30(14-12-23(32)33)39(35,36)20-10-8-19(9-11-20)21(17-18-5-2-3-6-18)25(34)31(27)26-29-22-7-4-13-28-24(22)38-26/h4,7-11,13,18,21H,2-3,5-6,12,14-17H2,1H3,(H,32,33). The van der Waals surface area contributed by atoms with E-state index in [1.165, 1.54) is 30.6 Å². The molecule has 1 aromatic carbocycles. The zero-order valence-electron chi connectivity index (χ0n) is 21.5.